The highest BCUT2D eigenvalue weighted by atomic mass is 32.2. The van der Waals surface area contributed by atoms with Crippen molar-refractivity contribution in [2.75, 3.05) is 5.75 Å². The van der Waals surface area contributed by atoms with Crippen molar-refractivity contribution in [1.29, 1.82) is 0 Å². The number of carbonyl (C=O) groups excluding carboxylic acids is 2. The summed E-state index contributed by atoms with van der Waals surface area (Å²) >= 11 is 3.90. The van der Waals surface area contributed by atoms with E-state index in [9.17, 15) is 24.3 Å². The number of rotatable bonds is 5. The topological polar surface area (TPSA) is 139 Å². The van der Waals surface area contributed by atoms with Gasteiger partial charge in [-0.15, -0.1) is 23.1 Å². The molecule has 178 valence electrons. The van der Waals surface area contributed by atoms with Gasteiger partial charge in [-0.05, 0) is 37.8 Å². The number of carbonyl (C=O) groups is 3. The number of nitrogens with zero attached hydrogens (tertiary/aromatic N) is 3. The Morgan fingerprint density at radius 2 is 2.03 bits per heavy atom. The van der Waals surface area contributed by atoms with Gasteiger partial charge in [-0.3, -0.25) is 14.5 Å². The van der Waals surface area contributed by atoms with E-state index in [-0.39, 0.29) is 11.1 Å². The molecule has 2 aromatic heterocycles. The van der Waals surface area contributed by atoms with Crippen molar-refractivity contribution in [3.05, 3.63) is 51.4 Å². The molecule has 1 fully saturated rings. The van der Waals surface area contributed by atoms with Crippen LogP contribution >= 0.6 is 34.9 Å². The molecule has 2 amide bonds. The summed E-state index contributed by atoms with van der Waals surface area (Å²) in [5.74, 6) is -1.41. The van der Waals surface area contributed by atoms with E-state index in [1.165, 1.54) is 58.2 Å². The number of carboxylic acids is 1. The van der Waals surface area contributed by atoms with Crippen LogP contribution in [0, 0.1) is 0 Å². The Kier molecular flexibility index (Phi) is 6.69. The zero-order valence-electron chi connectivity index (χ0n) is 18.3. The summed E-state index contributed by atoms with van der Waals surface area (Å²) in [7, 11) is 0. The minimum Gasteiger partial charge on any atom is -0.477 e. The van der Waals surface area contributed by atoms with Crippen molar-refractivity contribution in [2.24, 2.45) is 0 Å². The number of amides is 2. The lowest BCUT2D eigenvalue weighted by atomic mass is 10.0. The van der Waals surface area contributed by atoms with Gasteiger partial charge >= 0.3 is 12.1 Å². The number of allylic oxidation sites excluding steroid dienone is 1. The summed E-state index contributed by atoms with van der Waals surface area (Å²) in [4.78, 5) is 58.8. The molecule has 0 aromatic carbocycles. The van der Waals surface area contributed by atoms with E-state index in [1.807, 2.05) is 0 Å². The first kappa shape index (κ1) is 24.2. The Morgan fingerprint density at radius 3 is 2.74 bits per heavy atom. The minimum atomic E-state index is -1.23. The standard InChI is InChI=1S/C21H20N4O6S3/c1-21(2,3)31-20(30)24-14-17(27)25-15(19(28)29)10(9-33-18(14)25)4-7-32-12-8-11(26)13-16(34-12)23-6-5-22-13/h4-8,14,18H,9H2,1-3H3,(H,24,30)(H,28,29)/b7-4+. The average Bonchev–Trinajstić information content (AvgIpc) is 2.75. The molecular formula is C21H20N4O6S3. The van der Waals surface area contributed by atoms with E-state index in [1.54, 1.807) is 32.3 Å². The molecule has 0 spiro atoms. The van der Waals surface area contributed by atoms with Crippen LogP contribution in [0.1, 0.15) is 20.8 Å². The summed E-state index contributed by atoms with van der Waals surface area (Å²) in [6, 6.07) is 0.603. The minimum absolute atomic E-state index is 0.120. The SMILES string of the molecule is CC(C)(C)OC(=O)NC1C(=O)N2C(C(=O)O)=C(/C=C/Sc3cc(=O)c4nccnc4s3)CSC12. The largest absolute Gasteiger partial charge is 0.477 e. The van der Waals surface area contributed by atoms with Gasteiger partial charge in [0, 0.05) is 24.2 Å². The predicted octanol–water partition coefficient (Wildman–Crippen LogP) is 2.80. The highest BCUT2D eigenvalue weighted by molar-refractivity contribution is 8.04. The molecule has 1 saturated heterocycles. The van der Waals surface area contributed by atoms with E-state index >= 15 is 0 Å². The van der Waals surface area contributed by atoms with Crippen LogP contribution in [-0.4, -0.2) is 60.7 Å². The molecule has 34 heavy (non-hydrogen) atoms. The number of aromatic nitrogens is 2. The number of fused-ring (bicyclic) bond motifs is 2. The second kappa shape index (κ2) is 9.39. The molecule has 2 N–H and O–H groups in total. The van der Waals surface area contributed by atoms with Crippen molar-refractivity contribution in [1.82, 2.24) is 20.2 Å². The normalized spacial score (nSPS) is 20.3. The van der Waals surface area contributed by atoms with Gasteiger partial charge in [0.25, 0.3) is 5.91 Å². The van der Waals surface area contributed by atoms with E-state index in [0.29, 0.717) is 25.9 Å². The summed E-state index contributed by atoms with van der Waals surface area (Å²) < 4.78 is 5.87. The van der Waals surface area contributed by atoms with Gasteiger partial charge in [-0.1, -0.05) is 11.8 Å². The first-order chi connectivity index (χ1) is 16.0. The summed E-state index contributed by atoms with van der Waals surface area (Å²) in [5, 5.41) is 13.4. The zero-order chi connectivity index (χ0) is 24.6. The van der Waals surface area contributed by atoms with Crippen molar-refractivity contribution in [2.45, 2.75) is 42.0 Å². The third kappa shape index (κ3) is 4.95. The monoisotopic (exact) mass is 520 g/mol. The molecular weight excluding hydrogens is 500 g/mol. The van der Waals surface area contributed by atoms with Crippen LogP contribution < -0.4 is 10.7 Å². The van der Waals surface area contributed by atoms with E-state index in [4.69, 9.17) is 4.74 Å². The Hall–Kier alpha value is -2.90. The fourth-order valence-electron chi connectivity index (χ4n) is 3.32. The maximum Gasteiger partial charge on any atom is 0.408 e. The van der Waals surface area contributed by atoms with E-state index in [0.717, 1.165) is 0 Å². The molecule has 10 nitrogen and oxygen atoms in total. The lowest BCUT2D eigenvalue weighted by molar-refractivity contribution is -0.149. The summed E-state index contributed by atoms with van der Waals surface area (Å²) in [5.41, 5.74) is -0.321. The van der Waals surface area contributed by atoms with Crippen molar-refractivity contribution in [3.63, 3.8) is 0 Å². The lowest BCUT2D eigenvalue weighted by Gasteiger charge is -2.49. The molecule has 13 heteroatoms. The molecule has 2 aliphatic heterocycles. The van der Waals surface area contributed by atoms with E-state index in [2.05, 4.69) is 15.3 Å². The second-order valence-electron chi connectivity index (χ2n) is 8.27. The first-order valence-electron chi connectivity index (χ1n) is 10.0. The van der Waals surface area contributed by atoms with Crippen LogP contribution in [0.5, 0.6) is 0 Å². The summed E-state index contributed by atoms with van der Waals surface area (Å²) in [6.45, 7) is 5.13. The van der Waals surface area contributed by atoms with Crippen LogP contribution in [0.4, 0.5) is 4.79 Å². The van der Waals surface area contributed by atoms with Gasteiger partial charge in [0.2, 0.25) is 5.43 Å². The van der Waals surface area contributed by atoms with Crippen LogP contribution in [-0.2, 0) is 14.3 Å². The van der Waals surface area contributed by atoms with Crippen molar-refractivity contribution in [3.8, 4) is 0 Å². The highest BCUT2D eigenvalue weighted by Gasteiger charge is 2.54. The van der Waals surface area contributed by atoms with Gasteiger partial charge in [-0.2, -0.15) is 0 Å². The molecule has 0 saturated carbocycles. The van der Waals surface area contributed by atoms with E-state index < -0.39 is 35.0 Å². The molecule has 4 rings (SSSR count). The number of β-lactam (4-membered cyclic amide) rings is 1. The lowest BCUT2D eigenvalue weighted by Crippen LogP contribution is -2.70. The third-order valence-electron chi connectivity index (χ3n) is 4.67. The molecule has 2 atom stereocenters. The Balaban J connectivity index is 1.50. The molecule has 0 bridgehead atoms. The van der Waals surface area contributed by atoms with Gasteiger partial charge in [0.1, 0.15) is 33.1 Å². The number of carboxylic acid groups (broad SMARTS) is 1. The Labute approximate surface area is 206 Å². The van der Waals surface area contributed by atoms with Crippen molar-refractivity contribution < 1.29 is 24.2 Å². The molecule has 2 unspecified atom stereocenters. The molecule has 0 aliphatic carbocycles. The zero-order valence-corrected chi connectivity index (χ0v) is 20.8. The van der Waals surface area contributed by atoms with Gasteiger partial charge in [0.15, 0.2) is 0 Å². The number of nitrogens with one attached hydrogen (secondary N) is 1. The fourth-order valence-corrected chi connectivity index (χ4v) is 6.49. The fraction of sp³-hybridized carbons (Fsp3) is 0.333. The Bertz CT molecular complexity index is 1300. The van der Waals surface area contributed by atoms with Crippen molar-refractivity contribution >= 4 is 63.2 Å². The molecule has 2 aliphatic rings. The van der Waals surface area contributed by atoms with Gasteiger partial charge in [-0.25, -0.2) is 19.6 Å². The Morgan fingerprint density at radius 1 is 1.29 bits per heavy atom. The second-order valence-corrected chi connectivity index (χ2v) is 11.6. The maximum atomic E-state index is 12.7. The quantitative estimate of drug-likeness (QED) is 0.447. The smallest absolute Gasteiger partial charge is 0.408 e. The highest BCUT2D eigenvalue weighted by Crippen LogP contribution is 2.41. The maximum absolute atomic E-state index is 12.7. The number of thioether (sulfide) groups is 2. The average molecular weight is 521 g/mol. The number of hydrogen-bond acceptors (Lipinski definition) is 10. The molecule has 4 heterocycles. The predicted molar refractivity (Wildman–Crippen MR) is 130 cm³/mol. The third-order valence-corrected chi connectivity index (χ3v) is 7.94. The van der Waals surface area contributed by atoms with Crippen LogP contribution in [0.25, 0.3) is 10.3 Å². The van der Waals surface area contributed by atoms with Crippen LogP contribution in [0.3, 0.4) is 0 Å². The van der Waals surface area contributed by atoms with Crippen LogP contribution in [0.15, 0.2) is 50.2 Å². The number of alkyl carbamates (subject to hydrolysis) is 1. The molecule has 2 aromatic rings. The van der Waals surface area contributed by atoms with Gasteiger partial charge in [0.05, 0.1) is 4.21 Å². The first-order valence-corrected chi connectivity index (χ1v) is 12.8. The number of aliphatic carboxylic acids is 1. The van der Waals surface area contributed by atoms with Crippen LogP contribution in [0.2, 0.25) is 0 Å². The number of hydrogen-bond donors (Lipinski definition) is 2. The summed E-state index contributed by atoms with van der Waals surface area (Å²) in [6.07, 6.45) is 3.86. The number of ether oxygens (including phenoxy) is 1. The molecule has 0 radical (unpaired) electrons. The van der Waals surface area contributed by atoms with Gasteiger partial charge < -0.3 is 15.2 Å².